The van der Waals surface area contributed by atoms with E-state index in [1.54, 1.807) is 23.5 Å². The lowest BCUT2D eigenvalue weighted by Crippen LogP contribution is -2.06. The molecule has 0 atom stereocenters. The Balaban J connectivity index is 1.62. The number of benzene rings is 1. The molecule has 0 N–H and O–H groups in total. The maximum Gasteiger partial charge on any atom is 0.338 e. The molecule has 1 aromatic heterocycles. The van der Waals surface area contributed by atoms with Crippen LogP contribution in [0.1, 0.15) is 28.1 Å². The van der Waals surface area contributed by atoms with Crippen LogP contribution in [0, 0.1) is 0 Å². The van der Waals surface area contributed by atoms with Crippen molar-refractivity contribution in [1.82, 2.24) is 0 Å². The molecule has 18 heavy (non-hydrogen) atoms. The summed E-state index contributed by atoms with van der Waals surface area (Å²) in [5.41, 5.74) is 0.621. The predicted molar refractivity (Wildman–Crippen MR) is 74.0 cm³/mol. The molecular formula is C15H16O2S. The molecule has 0 spiro atoms. The summed E-state index contributed by atoms with van der Waals surface area (Å²) in [5, 5.41) is 2.09. The summed E-state index contributed by atoms with van der Waals surface area (Å²) in [4.78, 5) is 13.0. The van der Waals surface area contributed by atoms with Gasteiger partial charge in [0, 0.05) is 4.88 Å². The molecule has 0 unspecified atom stereocenters. The van der Waals surface area contributed by atoms with Crippen LogP contribution < -0.4 is 0 Å². The van der Waals surface area contributed by atoms with Gasteiger partial charge in [-0.05, 0) is 42.8 Å². The molecule has 0 aliphatic rings. The zero-order valence-corrected chi connectivity index (χ0v) is 11.0. The van der Waals surface area contributed by atoms with Crippen molar-refractivity contribution in [3.8, 4) is 0 Å². The Morgan fingerprint density at radius 2 is 1.89 bits per heavy atom. The summed E-state index contributed by atoms with van der Waals surface area (Å²) >= 11 is 1.78. The van der Waals surface area contributed by atoms with Gasteiger partial charge < -0.3 is 4.74 Å². The van der Waals surface area contributed by atoms with Crippen molar-refractivity contribution < 1.29 is 9.53 Å². The first-order valence-electron chi connectivity index (χ1n) is 6.11. The van der Waals surface area contributed by atoms with E-state index in [2.05, 4.69) is 17.5 Å². The number of hydrogen-bond donors (Lipinski definition) is 0. The van der Waals surface area contributed by atoms with Gasteiger partial charge in [-0.25, -0.2) is 4.79 Å². The summed E-state index contributed by atoms with van der Waals surface area (Å²) in [6.45, 7) is 0.499. The Morgan fingerprint density at radius 3 is 2.61 bits per heavy atom. The van der Waals surface area contributed by atoms with Crippen LogP contribution >= 0.6 is 11.3 Å². The molecule has 1 heterocycles. The van der Waals surface area contributed by atoms with Crippen molar-refractivity contribution in [3.63, 3.8) is 0 Å². The molecule has 0 fully saturated rings. The average molecular weight is 260 g/mol. The van der Waals surface area contributed by atoms with Crippen molar-refractivity contribution in [2.24, 2.45) is 0 Å². The molecular weight excluding hydrogens is 244 g/mol. The molecule has 2 rings (SSSR count). The van der Waals surface area contributed by atoms with Crippen LogP contribution in [0.4, 0.5) is 0 Å². The summed E-state index contributed by atoms with van der Waals surface area (Å²) in [6.07, 6.45) is 3.04. The molecule has 0 radical (unpaired) electrons. The SMILES string of the molecule is O=C(OCCCCc1cccs1)c1ccccc1. The van der Waals surface area contributed by atoms with Crippen molar-refractivity contribution in [1.29, 1.82) is 0 Å². The Bertz CT molecular complexity index is 463. The number of carbonyl (C=O) groups excluding carboxylic acids is 1. The second kappa shape index (κ2) is 6.97. The standard InChI is InChI=1S/C15H16O2S/c16-15(13-7-2-1-3-8-13)17-11-5-4-9-14-10-6-12-18-14/h1-3,6-8,10,12H,4-5,9,11H2. The minimum absolute atomic E-state index is 0.230. The second-order valence-electron chi connectivity index (χ2n) is 4.04. The molecule has 2 nitrogen and oxygen atoms in total. The Kier molecular flexibility index (Phi) is 4.97. The van der Waals surface area contributed by atoms with Crippen LogP contribution in [-0.4, -0.2) is 12.6 Å². The van der Waals surface area contributed by atoms with Gasteiger partial charge in [0.25, 0.3) is 0 Å². The molecule has 0 aliphatic heterocycles. The van der Waals surface area contributed by atoms with Crippen LogP contribution in [-0.2, 0) is 11.2 Å². The summed E-state index contributed by atoms with van der Waals surface area (Å²) in [7, 11) is 0. The number of rotatable bonds is 6. The largest absolute Gasteiger partial charge is 0.462 e. The van der Waals surface area contributed by atoms with Crippen LogP contribution in [0.2, 0.25) is 0 Å². The first-order chi connectivity index (χ1) is 8.86. The van der Waals surface area contributed by atoms with Crippen molar-refractivity contribution in [2.75, 3.05) is 6.61 Å². The fourth-order valence-corrected chi connectivity index (χ4v) is 2.43. The van der Waals surface area contributed by atoms with Crippen molar-refractivity contribution in [3.05, 3.63) is 58.3 Å². The highest BCUT2D eigenvalue weighted by atomic mass is 32.1. The first-order valence-corrected chi connectivity index (χ1v) is 6.99. The number of aryl methyl sites for hydroxylation is 1. The average Bonchev–Trinajstić information content (AvgIpc) is 2.92. The molecule has 0 saturated heterocycles. The highest BCUT2D eigenvalue weighted by molar-refractivity contribution is 7.09. The number of esters is 1. The van der Waals surface area contributed by atoms with E-state index in [0.29, 0.717) is 12.2 Å². The second-order valence-corrected chi connectivity index (χ2v) is 5.07. The first kappa shape index (κ1) is 12.8. The van der Waals surface area contributed by atoms with E-state index in [0.717, 1.165) is 19.3 Å². The van der Waals surface area contributed by atoms with E-state index in [9.17, 15) is 4.79 Å². The third-order valence-electron chi connectivity index (χ3n) is 2.64. The molecule has 2 aromatic rings. The fraction of sp³-hybridized carbons (Fsp3) is 0.267. The van der Waals surface area contributed by atoms with E-state index < -0.39 is 0 Å². The fourth-order valence-electron chi connectivity index (χ4n) is 1.68. The Morgan fingerprint density at radius 1 is 1.06 bits per heavy atom. The van der Waals surface area contributed by atoms with Gasteiger partial charge in [-0.2, -0.15) is 0 Å². The maximum atomic E-state index is 11.6. The van der Waals surface area contributed by atoms with Crippen LogP contribution in [0.25, 0.3) is 0 Å². The number of unbranched alkanes of at least 4 members (excludes halogenated alkanes) is 1. The third-order valence-corrected chi connectivity index (χ3v) is 3.58. The van der Waals surface area contributed by atoms with E-state index in [4.69, 9.17) is 4.74 Å². The van der Waals surface area contributed by atoms with Gasteiger partial charge in [-0.15, -0.1) is 11.3 Å². The highest BCUT2D eigenvalue weighted by Gasteiger charge is 2.04. The monoisotopic (exact) mass is 260 g/mol. The van der Waals surface area contributed by atoms with Crippen LogP contribution in [0.5, 0.6) is 0 Å². The maximum absolute atomic E-state index is 11.6. The number of hydrogen-bond acceptors (Lipinski definition) is 3. The van der Waals surface area contributed by atoms with E-state index in [1.807, 2.05) is 18.2 Å². The number of carbonyl (C=O) groups is 1. The zero-order chi connectivity index (χ0) is 12.6. The van der Waals surface area contributed by atoms with Gasteiger partial charge in [0.1, 0.15) is 0 Å². The van der Waals surface area contributed by atoms with Crippen molar-refractivity contribution in [2.45, 2.75) is 19.3 Å². The lowest BCUT2D eigenvalue weighted by atomic mass is 10.2. The third kappa shape index (κ3) is 4.00. The van der Waals surface area contributed by atoms with Gasteiger partial charge in [0.2, 0.25) is 0 Å². The lowest BCUT2D eigenvalue weighted by Gasteiger charge is -2.04. The molecule has 0 aliphatic carbocycles. The highest BCUT2D eigenvalue weighted by Crippen LogP contribution is 2.12. The number of ether oxygens (including phenoxy) is 1. The normalized spacial score (nSPS) is 10.2. The molecule has 0 amide bonds. The van der Waals surface area contributed by atoms with Crippen LogP contribution in [0.3, 0.4) is 0 Å². The van der Waals surface area contributed by atoms with Crippen molar-refractivity contribution >= 4 is 17.3 Å². The number of thiophene rings is 1. The van der Waals surface area contributed by atoms with E-state index >= 15 is 0 Å². The van der Waals surface area contributed by atoms with Gasteiger partial charge >= 0.3 is 5.97 Å². The minimum atomic E-state index is -0.230. The van der Waals surface area contributed by atoms with Gasteiger partial charge in [0.15, 0.2) is 0 Å². The molecule has 0 saturated carbocycles. The molecule has 94 valence electrons. The lowest BCUT2D eigenvalue weighted by molar-refractivity contribution is 0.0498. The molecule has 1 aromatic carbocycles. The van der Waals surface area contributed by atoms with Gasteiger partial charge in [0.05, 0.1) is 12.2 Å². The van der Waals surface area contributed by atoms with E-state index in [-0.39, 0.29) is 5.97 Å². The van der Waals surface area contributed by atoms with Crippen LogP contribution in [0.15, 0.2) is 47.8 Å². The molecule has 0 bridgehead atoms. The smallest absolute Gasteiger partial charge is 0.338 e. The summed E-state index contributed by atoms with van der Waals surface area (Å²) in [5.74, 6) is -0.230. The topological polar surface area (TPSA) is 26.3 Å². The Labute approximate surface area is 111 Å². The van der Waals surface area contributed by atoms with Gasteiger partial charge in [-0.1, -0.05) is 24.3 Å². The molecule has 3 heteroatoms. The zero-order valence-electron chi connectivity index (χ0n) is 10.2. The quantitative estimate of drug-likeness (QED) is 0.581. The Hall–Kier alpha value is -1.61. The predicted octanol–water partition coefficient (Wildman–Crippen LogP) is 3.93. The van der Waals surface area contributed by atoms with E-state index in [1.165, 1.54) is 4.88 Å². The summed E-state index contributed by atoms with van der Waals surface area (Å²) < 4.78 is 5.21. The minimum Gasteiger partial charge on any atom is -0.462 e. The summed E-state index contributed by atoms with van der Waals surface area (Å²) in [6, 6.07) is 13.3. The van der Waals surface area contributed by atoms with Gasteiger partial charge in [-0.3, -0.25) is 0 Å².